The summed E-state index contributed by atoms with van der Waals surface area (Å²) in [5.74, 6) is 0.229. The van der Waals surface area contributed by atoms with Crippen molar-refractivity contribution >= 4 is 22.0 Å². The van der Waals surface area contributed by atoms with Gasteiger partial charge in [-0.2, -0.15) is 8.42 Å². The lowest BCUT2D eigenvalue weighted by atomic mass is 10.1. The van der Waals surface area contributed by atoms with E-state index in [4.69, 9.17) is 13.7 Å². The summed E-state index contributed by atoms with van der Waals surface area (Å²) in [5.41, 5.74) is 1.28. The van der Waals surface area contributed by atoms with E-state index in [0.29, 0.717) is 16.9 Å². The number of nitrogens with zero attached hydrogens (tertiary/aromatic N) is 1. The van der Waals surface area contributed by atoms with E-state index in [0.717, 1.165) is 6.26 Å². The van der Waals surface area contributed by atoms with Gasteiger partial charge in [0.2, 0.25) is 5.90 Å². The molecule has 1 heterocycles. The standard InChI is InChI=1S/C15H19NO7S/c1-9-11(5-4-6-13(9)22-10(2)18)15-16-12(8-21-15)14(7-17)23-24(3,19)20/h4-6,12,14,17H,7-8H2,1-3H3. The molecule has 2 atom stereocenters. The van der Waals surface area contributed by atoms with Crippen molar-refractivity contribution in [2.45, 2.75) is 26.0 Å². The smallest absolute Gasteiger partial charge is 0.308 e. The first-order chi connectivity index (χ1) is 11.2. The van der Waals surface area contributed by atoms with Crippen molar-refractivity contribution in [3.8, 4) is 5.75 Å². The summed E-state index contributed by atoms with van der Waals surface area (Å²) >= 11 is 0. The van der Waals surface area contributed by atoms with E-state index in [1.54, 1.807) is 25.1 Å². The average Bonchev–Trinajstić information content (AvgIpc) is 2.95. The van der Waals surface area contributed by atoms with Crippen LogP contribution in [0, 0.1) is 6.92 Å². The number of benzene rings is 1. The summed E-state index contributed by atoms with van der Waals surface area (Å²) < 4.78 is 37.9. The molecule has 1 aliphatic heterocycles. The maximum absolute atomic E-state index is 11.2. The summed E-state index contributed by atoms with van der Waals surface area (Å²) in [5, 5.41) is 9.33. The van der Waals surface area contributed by atoms with Gasteiger partial charge in [0.05, 0.1) is 12.9 Å². The minimum Gasteiger partial charge on any atom is -0.475 e. The van der Waals surface area contributed by atoms with Crippen molar-refractivity contribution in [2.24, 2.45) is 4.99 Å². The SMILES string of the molecule is CC(=O)Oc1cccc(C2=NC(C(CO)OS(C)(=O)=O)CO2)c1C. The minimum absolute atomic E-state index is 0.0767. The average molecular weight is 357 g/mol. The molecule has 132 valence electrons. The van der Waals surface area contributed by atoms with Crippen molar-refractivity contribution < 1.29 is 32.0 Å². The highest BCUT2D eigenvalue weighted by molar-refractivity contribution is 7.86. The summed E-state index contributed by atoms with van der Waals surface area (Å²) in [6.45, 7) is 2.63. The second-order valence-corrected chi connectivity index (χ2v) is 6.96. The predicted molar refractivity (Wildman–Crippen MR) is 85.6 cm³/mol. The molecule has 0 radical (unpaired) electrons. The number of aliphatic hydroxyl groups excluding tert-OH is 1. The number of aliphatic imine (C=N–C) groups is 1. The molecule has 0 aliphatic carbocycles. The van der Waals surface area contributed by atoms with Crippen molar-refractivity contribution in [1.82, 2.24) is 0 Å². The maximum atomic E-state index is 11.2. The zero-order valence-corrected chi connectivity index (χ0v) is 14.4. The third-order valence-corrected chi connectivity index (χ3v) is 3.95. The van der Waals surface area contributed by atoms with E-state index in [1.165, 1.54) is 6.92 Å². The number of rotatable bonds is 6. The monoisotopic (exact) mass is 357 g/mol. The zero-order valence-electron chi connectivity index (χ0n) is 13.6. The molecule has 8 nitrogen and oxygen atoms in total. The Bertz CT molecular complexity index is 757. The van der Waals surface area contributed by atoms with Gasteiger partial charge in [0.1, 0.15) is 24.5 Å². The molecule has 0 aromatic heterocycles. The molecule has 2 unspecified atom stereocenters. The summed E-state index contributed by atoms with van der Waals surface area (Å²) in [6, 6.07) is 4.43. The van der Waals surface area contributed by atoms with Crippen molar-refractivity contribution in [3.05, 3.63) is 29.3 Å². The molecule has 0 amide bonds. The minimum atomic E-state index is -3.73. The van der Waals surface area contributed by atoms with Gasteiger partial charge < -0.3 is 14.6 Å². The van der Waals surface area contributed by atoms with E-state index < -0.39 is 34.8 Å². The van der Waals surface area contributed by atoms with E-state index in [1.807, 2.05) is 0 Å². The molecule has 1 N–H and O–H groups in total. The van der Waals surface area contributed by atoms with Crippen LogP contribution in [0.1, 0.15) is 18.1 Å². The van der Waals surface area contributed by atoms with Crippen molar-refractivity contribution in [2.75, 3.05) is 19.5 Å². The molecule has 24 heavy (non-hydrogen) atoms. The van der Waals surface area contributed by atoms with Gasteiger partial charge in [-0.25, -0.2) is 4.99 Å². The van der Waals surface area contributed by atoms with Gasteiger partial charge in [0.25, 0.3) is 10.1 Å². The first-order valence-corrected chi connectivity index (χ1v) is 9.01. The Morgan fingerprint density at radius 1 is 1.50 bits per heavy atom. The van der Waals surface area contributed by atoms with Crippen LogP contribution in [0.2, 0.25) is 0 Å². The Balaban J connectivity index is 2.26. The van der Waals surface area contributed by atoms with Crippen LogP contribution in [-0.4, -0.2) is 57.0 Å². The lowest BCUT2D eigenvalue weighted by molar-refractivity contribution is -0.131. The molecule has 2 rings (SSSR count). The molecule has 1 aromatic rings. The molecule has 9 heteroatoms. The molecular formula is C15H19NO7S. The molecule has 0 saturated carbocycles. The summed E-state index contributed by atoms with van der Waals surface area (Å²) in [6.07, 6.45) is -0.113. The summed E-state index contributed by atoms with van der Waals surface area (Å²) in [7, 11) is -3.73. The number of aliphatic hydroxyl groups is 1. The Morgan fingerprint density at radius 2 is 2.21 bits per heavy atom. The quantitative estimate of drug-likeness (QED) is 0.446. The van der Waals surface area contributed by atoms with Gasteiger partial charge in [-0.3, -0.25) is 8.98 Å². The maximum Gasteiger partial charge on any atom is 0.308 e. The molecular weight excluding hydrogens is 338 g/mol. The molecule has 1 aliphatic rings. The van der Waals surface area contributed by atoms with Crippen LogP contribution < -0.4 is 4.74 Å². The predicted octanol–water partition coefficient (Wildman–Crippen LogP) is 0.403. The van der Waals surface area contributed by atoms with E-state index in [2.05, 4.69) is 4.99 Å². The first-order valence-electron chi connectivity index (χ1n) is 7.19. The zero-order chi connectivity index (χ0) is 17.9. The topological polar surface area (TPSA) is 111 Å². The number of ether oxygens (including phenoxy) is 2. The highest BCUT2D eigenvalue weighted by atomic mass is 32.2. The summed E-state index contributed by atoms with van der Waals surface area (Å²) in [4.78, 5) is 15.4. The first kappa shape index (κ1) is 18.4. The number of carbonyl (C=O) groups is 1. The fraction of sp³-hybridized carbons (Fsp3) is 0.467. The van der Waals surface area contributed by atoms with Crippen LogP contribution in [0.3, 0.4) is 0 Å². The Kier molecular flexibility index (Phi) is 5.58. The number of esters is 1. The van der Waals surface area contributed by atoms with Crippen molar-refractivity contribution in [3.63, 3.8) is 0 Å². The van der Waals surface area contributed by atoms with Gasteiger partial charge in [0.15, 0.2) is 0 Å². The largest absolute Gasteiger partial charge is 0.475 e. The van der Waals surface area contributed by atoms with E-state index >= 15 is 0 Å². The van der Waals surface area contributed by atoms with Gasteiger partial charge >= 0.3 is 5.97 Å². The van der Waals surface area contributed by atoms with Crippen LogP contribution in [0.15, 0.2) is 23.2 Å². The Labute approximate surface area is 140 Å². The number of carbonyl (C=O) groups excluding carboxylic acids is 1. The van der Waals surface area contributed by atoms with Crippen LogP contribution in [-0.2, 0) is 23.8 Å². The third-order valence-electron chi connectivity index (χ3n) is 3.35. The highest BCUT2D eigenvalue weighted by Crippen LogP contribution is 2.25. The van der Waals surface area contributed by atoms with Crippen LogP contribution >= 0.6 is 0 Å². The fourth-order valence-corrected chi connectivity index (χ4v) is 2.92. The number of hydrogen-bond acceptors (Lipinski definition) is 8. The van der Waals surface area contributed by atoms with Gasteiger partial charge in [-0.15, -0.1) is 0 Å². The van der Waals surface area contributed by atoms with E-state index in [9.17, 15) is 18.3 Å². The lowest BCUT2D eigenvalue weighted by Gasteiger charge is -2.16. The van der Waals surface area contributed by atoms with Crippen molar-refractivity contribution in [1.29, 1.82) is 0 Å². The second-order valence-electron chi connectivity index (χ2n) is 5.36. The van der Waals surface area contributed by atoms with Crippen LogP contribution in [0.4, 0.5) is 0 Å². The molecule has 0 saturated heterocycles. The van der Waals surface area contributed by atoms with Gasteiger partial charge in [0, 0.05) is 18.1 Å². The van der Waals surface area contributed by atoms with Gasteiger partial charge in [-0.1, -0.05) is 6.07 Å². The van der Waals surface area contributed by atoms with Crippen LogP contribution in [0.25, 0.3) is 0 Å². The van der Waals surface area contributed by atoms with E-state index in [-0.39, 0.29) is 12.5 Å². The third kappa shape index (κ3) is 4.53. The van der Waals surface area contributed by atoms with Crippen LogP contribution in [0.5, 0.6) is 5.75 Å². The lowest BCUT2D eigenvalue weighted by Crippen LogP contribution is -2.34. The second kappa shape index (κ2) is 7.29. The molecule has 0 bridgehead atoms. The highest BCUT2D eigenvalue weighted by Gasteiger charge is 2.31. The Morgan fingerprint density at radius 3 is 2.79 bits per heavy atom. The normalized spacial score (nSPS) is 18.7. The molecule has 0 spiro atoms. The van der Waals surface area contributed by atoms with Gasteiger partial charge in [-0.05, 0) is 19.1 Å². The molecule has 1 aromatic carbocycles. The fourth-order valence-electron chi connectivity index (χ4n) is 2.28. The Hall–Kier alpha value is -1.97. The number of hydrogen-bond donors (Lipinski definition) is 1. The molecule has 0 fully saturated rings.